The molecule has 0 aromatic heterocycles. The lowest BCUT2D eigenvalue weighted by molar-refractivity contribution is -0.132. The lowest BCUT2D eigenvalue weighted by Gasteiger charge is -2.25. The Morgan fingerprint density at radius 1 is 1.17 bits per heavy atom. The van der Waals surface area contributed by atoms with Crippen molar-refractivity contribution in [2.45, 2.75) is 51.0 Å². The molecule has 0 spiro atoms. The Labute approximate surface area is 139 Å². The average Bonchev–Trinajstić information content (AvgIpc) is 2.99. The highest BCUT2D eigenvalue weighted by molar-refractivity contribution is 7.89. The molecule has 0 aliphatic carbocycles. The molecule has 6 heteroatoms. The molecule has 0 saturated carbocycles. The lowest BCUT2D eigenvalue weighted by Crippen LogP contribution is -2.48. The number of carbonyl (C=O) groups is 1. The molecule has 1 heterocycles. The normalized spacial score (nSPS) is 16.8. The van der Waals surface area contributed by atoms with Gasteiger partial charge in [-0.05, 0) is 44.2 Å². The van der Waals surface area contributed by atoms with Gasteiger partial charge in [-0.25, -0.2) is 8.42 Å². The van der Waals surface area contributed by atoms with Gasteiger partial charge in [0.25, 0.3) is 0 Å². The van der Waals surface area contributed by atoms with Crippen molar-refractivity contribution in [3.05, 3.63) is 29.8 Å². The number of aryl methyl sites for hydroxylation is 1. The molecule has 1 aliphatic heterocycles. The van der Waals surface area contributed by atoms with Crippen LogP contribution in [0.15, 0.2) is 29.2 Å². The van der Waals surface area contributed by atoms with Gasteiger partial charge >= 0.3 is 0 Å². The van der Waals surface area contributed by atoms with Crippen LogP contribution in [0.25, 0.3) is 0 Å². The molecule has 5 nitrogen and oxygen atoms in total. The van der Waals surface area contributed by atoms with Crippen LogP contribution in [-0.2, 0) is 14.8 Å². The van der Waals surface area contributed by atoms with Crippen LogP contribution in [-0.4, -0.2) is 38.4 Å². The second kappa shape index (κ2) is 7.45. The summed E-state index contributed by atoms with van der Waals surface area (Å²) < 4.78 is 27.8. The monoisotopic (exact) mass is 338 g/mol. The molecule has 128 valence electrons. The van der Waals surface area contributed by atoms with Gasteiger partial charge in [-0.15, -0.1) is 0 Å². The summed E-state index contributed by atoms with van der Waals surface area (Å²) >= 11 is 0. The van der Waals surface area contributed by atoms with Crippen LogP contribution in [0.1, 0.15) is 38.7 Å². The molecule has 1 fully saturated rings. The number of sulfonamides is 1. The second-order valence-electron chi connectivity index (χ2n) is 6.65. The molecule has 1 N–H and O–H groups in total. The Balaban J connectivity index is 2.18. The number of carbonyl (C=O) groups excluding carboxylic acids is 1. The Kier molecular flexibility index (Phi) is 5.81. The Hall–Kier alpha value is -1.40. The molecule has 1 saturated heterocycles. The van der Waals surface area contributed by atoms with Crippen LogP contribution >= 0.6 is 0 Å². The predicted molar refractivity (Wildman–Crippen MR) is 90.6 cm³/mol. The van der Waals surface area contributed by atoms with Crippen LogP contribution < -0.4 is 4.72 Å². The zero-order valence-electron chi connectivity index (χ0n) is 14.1. The van der Waals surface area contributed by atoms with Gasteiger partial charge in [0.05, 0.1) is 4.90 Å². The van der Waals surface area contributed by atoms with E-state index in [2.05, 4.69) is 4.72 Å². The molecule has 1 atom stereocenters. The molecule has 1 aromatic rings. The van der Waals surface area contributed by atoms with Gasteiger partial charge in [0.1, 0.15) is 6.04 Å². The van der Waals surface area contributed by atoms with Crippen molar-refractivity contribution in [3.8, 4) is 0 Å². The average molecular weight is 338 g/mol. The maximum absolute atomic E-state index is 12.6. The number of likely N-dealkylation sites (tertiary alicyclic amines) is 1. The summed E-state index contributed by atoms with van der Waals surface area (Å²) in [5.74, 6) is 0.124. The Bertz CT molecular complexity index is 632. The van der Waals surface area contributed by atoms with Crippen LogP contribution in [0, 0.1) is 12.8 Å². The molecule has 0 unspecified atom stereocenters. The van der Waals surface area contributed by atoms with E-state index >= 15 is 0 Å². The number of hydrogen-bond donors (Lipinski definition) is 1. The zero-order chi connectivity index (χ0) is 17.0. The Morgan fingerprint density at radius 3 is 2.26 bits per heavy atom. The second-order valence-corrected chi connectivity index (χ2v) is 8.36. The first kappa shape index (κ1) is 17.9. The fourth-order valence-corrected chi connectivity index (χ4v) is 4.00. The van der Waals surface area contributed by atoms with Crippen molar-refractivity contribution >= 4 is 15.9 Å². The lowest BCUT2D eigenvalue weighted by atomic mass is 10.0. The molecular formula is C17H26N2O3S. The van der Waals surface area contributed by atoms with E-state index in [4.69, 9.17) is 0 Å². The van der Waals surface area contributed by atoms with Gasteiger partial charge in [-0.2, -0.15) is 4.72 Å². The highest BCUT2D eigenvalue weighted by Crippen LogP contribution is 2.17. The molecule has 1 aliphatic rings. The van der Waals surface area contributed by atoms with Gasteiger partial charge in [0.2, 0.25) is 15.9 Å². The van der Waals surface area contributed by atoms with Gasteiger partial charge in [0.15, 0.2) is 0 Å². The smallest absolute Gasteiger partial charge is 0.241 e. The van der Waals surface area contributed by atoms with Gasteiger partial charge in [-0.1, -0.05) is 31.5 Å². The number of amides is 1. The first-order chi connectivity index (χ1) is 10.8. The minimum absolute atomic E-state index is 0.105. The van der Waals surface area contributed by atoms with Crippen LogP contribution in [0.2, 0.25) is 0 Å². The SMILES string of the molecule is Cc1ccc(S(=O)(=O)N[C@H](CC(C)C)C(=O)N2CCCC2)cc1. The third kappa shape index (κ3) is 4.78. The molecule has 1 amide bonds. The summed E-state index contributed by atoms with van der Waals surface area (Å²) in [5.41, 5.74) is 0.996. The largest absolute Gasteiger partial charge is 0.341 e. The topological polar surface area (TPSA) is 66.5 Å². The number of hydrogen-bond acceptors (Lipinski definition) is 3. The highest BCUT2D eigenvalue weighted by Gasteiger charge is 2.30. The van der Waals surface area contributed by atoms with E-state index in [1.54, 1.807) is 29.2 Å². The molecule has 23 heavy (non-hydrogen) atoms. The van der Waals surface area contributed by atoms with E-state index in [0.717, 1.165) is 31.5 Å². The van der Waals surface area contributed by atoms with Crippen molar-refractivity contribution < 1.29 is 13.2 Å². The fourth-order valence-electron chi connectivity index (χ4n) is 2.80. The summed E-state index contributed by atoms with van der Waals surface area (Å²) in [6.45, 7) is 7.33. The van der Waals surface area contributed by atoms with Crippen molar-refractivity contribution in [1.82, 2.24) is 9.62 Å². The van der Waals surface area contributed by atoms with Crippen LogP contribution in [0.3, 0.4) is 0 Å². The van der Waals surface area contributed by atoms with Crippen molar-refractivity contribution in [2.75, 3.05) is 13.1 Å². The molecule has 0 bridgehead atoms. The van der Waals surface area contributed by atoms with E-state index in [1.165, 1.54) is 0 Å². The Morgan fingerprint density at radius 2 is 1.74 bits per heavy atom. The van der Waals surface area contributed by atoms with Gasteiger partial charge in [0, 0.05) is 13.1 Å². The van der Waals surface area contributed by atoms with E-state index in [0.29, 0.717) is 6.42 Å². The predicted octanol–water partition coefficient (Wildman–Crippen LogP) is 2.31. The number of nitrogens with one attached hydrogen (secondary N) is 1. The number of nitrogens with zero attached hydrogens (tertiary/aromatic N) is 1. The third-order valence-corrected chi connectivity index (χ3v) is 5.54. The fraction of sp³-hybridized carbons (Fsp3) is 0.588. The summed E-state index contributed by atoms with van der Waals surface area (Å²) in [5, 5.41) is 0. The quantitative estimate of drug-likeness (QED) is 0.865. The van der Waals surface area contributed by atoms with E-state index in [1.807, 2.05) is 20.8 Å². The maximum Gasteiger partial charge on any atom is 0.241 e. The van der Waals surface area contributed by atoms with Crippen molar-refractivity contribution in [2.24, 2.45) is 5.92 Å². The van der Waals surface area contributed by atoms with E-state index in [9.17, 15) is 13.2 Å². The van der Waals surface area contributed by atoms with Gasteiger partial charge in [-0.3, -0.25) is 4.79 Å². The van der Waals surface area contributed by atoms with Gasteiger partial charge < -0.3 is 4.90 Å². The number of rotatable bonds is 6. The molecule has 2 rings (SSSR count). The maximum atomic E-state index is 12.6. The molecule has 1 aromatic carbocycles. The number of benzene rings is 1. The van der Waals surface area contributed by atoms with E-state index in [-0.39, 0.29) is 16.7 Å². The summed E-state index contributed by atoms with van der Waals surface area (Å²) in [7, 11) is -3.69. The zero-order valence-corrected chi connectivity index (χ0v) is 14.9. The summed E-state index contributed by atoms with van der Waals surface area (Å²) in [6, 6.07) is 5.97. The summed E-state index contributed by atoms with van der Waals surface area (Å²) in [4.78, 5) is 14.6. The minimum Gasteiger partial charge on any atom is -0.341 e. The summed E-state index contributed by atoms with van der Waals surface area (Å²) in [6.07, 6.45) is 2.48. The molecule has 0 radical (unpaired) electrons. The van der Waals surface area contributed by atoms with Crippen LogP contribution in [0.5, 0.6) is 0 Å². The van der Waals surface area contributed by atoms with Crippen molar-refractivity contribution in [3.63, 3.8) is 0 Å². The van der Waals surface area contributed by atoms with Crippen molar-refractivity contribution in [1.29, 1.82) is 0 Å². The molecular weight excluding hydrogens is 312 g/mol. The standard InChI is InChI=1S/C17H26N2O3S/c1-13(2)12-16(17(20)19-10-4-5-11-19)18-23(21,22)15-8-6-14(3)7-9-15/h6-9,13,16,18H,4-5,10-12H2,1-3H3/t16-/m1/s1. The van der Waals surface area contributed by atoms with E-state index < -0.39 is 16.1 Å². The first-order valence-corrected chi connectivity index (χ1v) is 9.65. The highest BCUT2D eigenvalue weighted by atomic mass is 32.2. The first-order valence-electron chi connectivity index (χ1n) is 8.17. The van der Waals surface area contributed by atoms with Crippen LogP contribution in [0.4, 0.5) is 0 Å². The minimum atomic E-state index is -3.69. The third-order valence-electron chi connectivity index (χ3n) is 4.05.